The molecule has 1 aliphatic carbocycles. The van der Waals surface area contributed by atoms with Crippen LogP contribution in [0.3, 0.4) is 0 Å². The fourth-order valence-corrected chi connectivity index (χ4v) is 3.53. The normalized spacial score (nSPS) is 17.3. The Morgan fingerprint density at radius 2 is 1.96 bits per heavy atom. The fraction of sp³-hybridized carbons (Fsp3) is 0.579. The molecule has 138 valence electrons. The van der Waals surface area contributed by atoms with E-state index < -0.39 is 6.04 Å². The molecule has 1 aliphatic rings. The van der Waals surface area contributed by atoms with Gasteiger partial charge in [-0.05, 0) is 50.6 Å². The molecule has 0 radical (unpaired) electrons. The zero-order valence-corrected chi connectivity index (χ0v) is 15.2. The van der Waals surface area contributed by atoms with Crippen LogP contribution in [0.2, 0.25) is 0 Å². The van der Waals surface area contributed by atoms with Crippen molar-refractivity contribution >= 4 is 11.8 Å². The third-order valence-electron chi connectivity index (χ3n) is 4.84. The first-order valence-electron chi connectivity index (χ1n) is 8.85. The minimum atomic E-state index is -0.490. The van der Waals surface area contributed by atoms with Crippen LogP contribution in [0, 0.1) is 11.7 Å². The molecule has 2 atom stereocenters. The highest BCUT2D eigenvalue weighted by Crippen LogP contribution is 2.28. The number of hydrogen-bond donors (Lipinski definition) is 2. The van der Waals surface area contributed by atoms with E-state index >= 15 is 0 Å². The van der Waals surface area contributed by atoms with Gasteiger partial charge in [0.05, 0.1) is 6.04 Å². The molecule has 2 N–H and O–H groups in total. The van der Waals surface area contributed by atoms with E-state index in [1.54, 1.807) is 6.07 Å². The van der Waals surface area contributed by atoms with E-state index in [4.69, 9.17) is 0 Å². The molecule has 5 nitrogen and oxygen atoms in total. The third-order valence-corrected chi connectivity index (χ3v) is 4.84. The van der Waals surface area contributed by atoms with Crippen molar-refractivity contribution in [3.63, 3.8) is 0 Å². The molecule has 1 aromatic carbocycles. The highest BCUT2D eigenvalue weighted by Gasteiger charge is 2.31. The van der Waals surface area contributed by atoms with Gasteiger partial charge < -0.3 is 15.5 Å². The zero-order valence-electron chi connectivity index (χ0n) is 15.2. The second kappa shape index (κ2) is 8.94. The average molecular weight is 349 g/mol. The number of nitrogens with zero attached hydrogens (tertiary/aromatic N) is 1. The Kier molecular flexibility index (Phi) is 6.93. The van der Waals surface area contributed by atoms with Gasteiger partial charge in [0, 0.05) is 13.5 Å². The number of carbonyl (C=O) groups is 2. The molecule has 0 bridgehead atoms. The van der Waals surface area contributed by atoms with Crippen LogP contribution >= 0.6 is 0 Å². The van der Waals surface area contributed by atoms with Crippen molar-refractivity contribution < 1.29 is 14.0 Å². The number of hydrogen-bond acceptors (Lipinski definition) is 3. The Labute approximate surface area is 149 Å². The first-order valence-corrected chi connectivity index (χ1v) is 8.85. The van der Waals surface area contributed by atoms with Crippen LogP contribution in [-0.4, -0.2) is 43.4 Å². The molecule has 2 rings (SSSR count). The topological polar surface area (TPSA) is 61.4 Å². The van der Waals surface area contributed by atoms with E-state index in [-0.39, 0.29) is 29.6 Å². The van der Waals surface area contributed by atoms with Crippen molar-refractivity contribution in [2.24, 2.45) is 5.92 Å². The van der Waals surface area contributed by atoms with E-state index in [9.17, 15) is 14.0 Å². The summed E-state index contributed by atoms with van der Waals surface area (Å²) < 4.78 is 13.5. The molecule has 1 aromatic rings. The van der Waals surface area contributed by atoms with E-state index in [1.807, 2.05) is 25.1 Å². The molecular formula is C19H28FN3O2. The summed E-state index contributed by atoms with van der Waals surface area (Å²) in [6, 6.07) is 5.78. The summed E-state index contributed by atoms with van der Waals surface area (Å²) in [7, 11) is 3.79. The van der Waals surface area contributed by atoms with Crippen LogP contribution < -0.4 is 10.6 Å². The molecule has 1 fully saturated rings. The molecule has 0 spiro atoms. The molecule has 2 amide bonds. The van der Waals surface area contributed by atoms with Crippen molar-refractivity contribution in [1.82, 2.24) is 15.5 Å². The van der Waals surface area contributed by atoms with Crippen LogP contribution in [0.15, 0.2) is 24.3 Å². The standard InChI is InChI=1S/C19H28FN3O2/c1-13(24)22-18(14-7-4-5-8-14)19(25)21-12-17(23(2)3)15-9-6-10-16(20)11-15/h6,9-11,14,17-18H,4-5,7-8,12H2,1-3H3,(H,21,25)(H,22,24). The van der Waals surface area contributed by atoms with Gasteiger partial charge in [0.2, 0.25) is 11.8 Å². The van der Waals surface area contributed by atoms with Crippen LogP contribution in [0.1, 0.15) is 44.2 Å². The van der Waals surface area contributed by atoms with Crippen molar-refractivity contribution in [2.45, 2.75) is 44.7 Å². The Bertz CT molecular complexity index is 600. The number of likely N-dealkylation sites (N-methyl/N-ethyl adjacent to an activating group) is 1. The van der Waals surface area contributed by atoms with Gasteiger partial charge in [0.1, 0.15) is 11.9 Å². The van der Waals surface area contributed by atoms with E-state index in [2.05, 4.69) is 10.6 Å². The van der Waals surface area contributed by atoms with Crippen LogP contribution in [0.4, 0.5) is 4.39 Å². The summed E-state index contributed by atoms with van der Waals surface area (Å²) in [5, 5.41) is 5.75. The second-order valence-corrected chi connectivity index (χ2v) is 7.00. The Balaban J connectivity index is 2.04. The van der Waals surface area contributed by atoms with Crippen LogP contribution in [-0.2, 0) is 9.59 Å². The third kappa shape index (κ3) is 5.53. The quantitative estimate of drug-likeness (QED) is 0.794. The molecule has 0 aromatic heterocycles. The highest BCUT2D eigenvalue weighted by atomic mass is 19.1. The largest absolute Gasteiger partial charge is 0.352 e. The molecule has 0 aliphatic heterocycles. The van der Waals surface area contributed by atoms with Gasteiger partial charge in [0.15, 0.2) is 0 Å². The van der Waals surface area contributed by atoms with E-state index in [0.29, 0.717) is 6.54 Å². The molecule has 2 unspecified atom stereocenters. The lowest BCUT2D eigenvalue weighted by Crippen LogP contribution is -2.51. The number of benzene rings is 1. The van der Waals surface area contributed by atoms with Gasteiger partial charge in [-0.15, -0.1) is 0 Å². The number of nitrogens with one attached hydrogen (secondary N) is 2. The monoisotopic (exact) mass is 349 g/mol. The first-order chi connectivity index (χ1) is 11.9. The van der Waals surface area contributed by atoms with Gasteiger partial charge in [-0.2, -0.15) is 0 Å². The Morgan fingerprint density at radius 1 is 1.28 bits per heavy atom. The summed E-state index contributed by atoms with van der Waals surface area (Å²) in [5.74, 6) is -0.458. The van der Waals surface area contributed by atoms with Gasteiger partial charge in [-0.3, -0.25) is 9.59 Å². The van der Waals surface area contributed by atoms with Crippen LogP contribution in [0.5, 0.6) is 0 Å². The molecule has 1 saturated carbocycles. The highest BCUT2D eigenvalue weighted by molar-refractivity contribution is 5.87. The minimum absolute atomic E-state index is 0.138. The minimum Gasteiger partial charge on any atom is -0.352 e. The number of halogens is 1. The van der Waals surface area contributed by atoms with Crippen molar-refractivity contribution in [3.05, 3.63) is 35.6 Å². The zero-order chi connectivity index (χ0) is 18.4. The van der Waals surface area contributed by atoms with Gasteiger partial charge >= 0.3 is 0 Å². The Hall–Kier alpha value is -1.95. The predicted octanol–water partition coefficient (Wildman–Crippen LogP) is 2.24. The summed E-state index contributed by atoms with van der Waals surface area (Å²) in [6.07, 6.45) is 4.11. The van der Waals surface area contributed by atoms with Gasteiger partial charge in [0.25, 0.3) is 0 Å². The molecular weight excluding hydrogens is 321 g/mol. The van der Waals surface area contributed by atoms with E-state index in [1.165, 1.54) is 19.1 Å². The van der Waals surface area contributed by atoms with Crippen LogP contribution in [0.25, 0.3) is 0 Å². The number of carbonyl (C=O) groups excluding carboxylic acids is 2. The first kappa shape index (κ1) is 19.4. The lowest BCUT2D eigenvalue weighted by atomic mass is 9.97. The maximum atomic E-state index is 13.5. The van der Waals surface area contributed by atoms with Crippen molar-refractivity contribution in [3.8, 4) is 0 Å². The molecule has 6 heteroatoms. The summed E-state index contributed by atoms with van der Waals surface area (Å²) in [5.41, 5.74) is 0.808. The molecule has 25 heavy (non-hydrogen) atoms. The Morgan fingerprint density at radius 3 is 2.52 bits per heavy atom. The van der Waals surface area contributed by atoms with Gasteiger partial charge in [-0.1, -0.05) is 25.0 Å². The average Bonchev–Trinajstić information content (AvgIpc) is 3.06. The maximum absolute atomic E-state index is 13.5. The lowest BCUT2D eigenvalue weighted by Gasteiger charge is -2.28. The maximum Gasteiger partial charge on any atom is 0.242 e. The predicted molar refractivity (Wildman–Crippen MR) is 95.4 cm³/mol. The van der Waals surface area contributed by atoms with Gasteiger partial charge in [-0.25, -0.2) is 4.39 Å². The van der Waals surface area contributed by atoms with Crippen molar-refractivity contribution in [1.29, 1.82) is 0 Å². The number of amides is 2. The summed E-state index contributed by atoms with van der Waals surface area (Å²) in [6.45, 7) is 1.79. The molecule has 0 saturated heterocycles. The van der Waals surface area contributed by atoms with Crippen molar-refractivity contribution in [2.75, 3.05) is 20.6 Å². The number of rotatable bonds is 7. The lowest BCUT2D eigenvalue weighted by molar-refractivity contribution is -0.129. The fourth-order valence-electron chi connectivity index (χ4n) is 3.53. The summed E-state index contributed by atoms with van der Waals surface area (Å²) >= 11 is 0. The SMILES string of the molecule is CC(=O)NC(C(=O)NCC(c1cccc(F)c1)N(C)C)C1CCCC1. The second-order valence-electron chi connectivity index (χ2n) is 7.00. The van der Waals surface area contributed by atoms with E-state index in [0.717, 1.165) is 31.2 Å². The smallest absolute Gasteiger partial charge is 0.242 e. The molecule has 0 heterocycles. The summed E-state index contributed by atoms with van der Waals surface area (Å²) in [4.78, 5) is 26.1.